The van der Waals surface area contributed by atoms with Gasteiger partial charge < -0.3 is 5.73 Å². The molecule has 0 aliphatic heterocycles. The molecule has 0 saturated carbocycles. The van der Waals surface area contributed by atoms with Crippen LogP contribution in [0.25, 0.3) is 0 Å². The van der Waals surface area contributed by atoms with Crippen molar-refractivity contribution in [1.82, 2.24) is 0 Å². The van der Waals surface area contributed by atoms with Crippen molar-refractivity contribution in [2.75, 3.05) is 0 Å². The van der Waals surface area contributed by atoms with Gasteiger partial charge >= 0.3 is 0 Å². The molecule has 18 heavy (non-hydrogen) atoms. The molecule has 3 heteroatoms. The number of benzene rings is 1. The van der Waals surface area contributed by atoms with E-state index in [1.165, 1.54) is 6.07 Å². The number of rotatable bonds is 7. The number of nitrogens with two attached hydrogens (primary N) is 1. The first kappa shape index (κ1) is 15.5. The summed E-state index contributed by atoms with van der Waals surface area (Å²) in [7, 11) is 0. The van der Waals surface area contributed by atoms with Crippen LogP contribution >= 0.6 is 11.6 Å². The Kier molecular flexibility index (Phi) is 6.66. The molecule has 0 spiro atoms. The lowest BCUT2D eigenvalue weighted by molar-refractivity contribution is 0.359. The predicted octanol–water partition coefficient (Wildman–Crippen LogP) is 4.57. The summed E-state index contributed by atoms with van der Waals surface area (Å²) in [5.41, 5.74) is 7.08. The second-order valence-electron chi connectivity index (χ2n) is 4.92. The molecule has 0 bridgehead atoms. The van der Waals surface area contributed by atoms with E-state index in [1.54, 1.807) is 6.07 Å². The van der Waals surface area contributed by atoms with Crippen LogP contribution < -0.4 is 5.73 Å². The van der Waals surface area contributed by atoms with Gasteiger partial charge in [-0.05, 0) is 36.8 Å². The standard InChI is InChI=1S/C15H23ClFN/c1-3-6-11(7-4-2)14(18)10-12-8-5-9-13(17)15(12)16/h5,8-9,11,14H,3-4,6-7,10,18H2,1-2H3. The molecule has 0 aliphatic rings. The lowest BCUT2D eigenvalue weighted by atomic mass is 9.87. The maximum absolute atomic E-state index is 13.4. The molecule has 0 heterocycles. The minimum atomic E-state index is -0.358. The second-order valence-corrected chi connectivity index (χ2v) is 5.30. The van der Waals surface area contributed by atoms with Crippen LogP contribution in [-0.2, 0) is 6.42 Å². The van der Waals surface area contributed by atoms with Gasteiger partial charge in [0.1, 0.15) is 5.82 Å². The molecule has 1 atom stereocenters. The average Bonchev–Trinajstić information content (AvgIpc) is 2.34. The fourth-order valence-corrected chi connectivity index (χ4v) is 2.64. The van der Waals surface area contributed by atoms with Crippen molar-refractivity contribution < 1.29 is 4.39 Å². The van der Waals surface area contributed by atoms with Gasteiger partial charge in [-0.25, -0.2) is 4.39 Å². The van der Waals surface area contributed by atoms with Gasteiger partial charge in [0.25, 0.3) is 0 Å². The number of hydrogen-bond donors (Lipinski definition) is 1. The summed E-state index contributed by atoms with van der Waals surface area (Å²) in [4.78, 5) is 0. The molecule has 1 aromatic rings. The molecule has 0 amide bonds. The Morgan fingerprint density at radius 1 is 1.22 bits per heavy atom. The van der Waals surface area contributed by atoms with Crippen molar-refractivity contribution in [3.05, 3.63) is 34.6 Å². The van der Waals surface area contributed by atoms with Gasteiger partial charge in [-0.3, -0.25) is 0 Å². The number of halogens is 2. The fourth-order valence-electron chi connectivity index (χ4n) is 2.44. The van der Waals surface area contributed by atoms with Crippen molar-refractivity contribution in [3.63, 3.8) is 0 Å². The van der Waals surface area contributed by atoms with Crippen molar-refractivity contribution in [1.29, 1.82) is 0 Å². The van der Waals surface area contributed by atoms with E-state index < -0.39 is 0 Å². The highest BCUT2D eigenvalue weighted by molar-refractivity contribution is 6.31. The Hall–Kier alpha value is -0.600. The predicted molar refractivity (Wildman–Crippen MR) is 76.4 cm³/mol. The monoisotopic (exact) mass is 271 g/mol. The minimum Gasteiger partial charge on any atom is -0.327 e. The van der Waals surface area contributed by atoms with Crippen LogP contribution in [0.2, 0.25) is 5.02 Å². The topological polar surface area (TPSA) is 26.0 Å². The van der Waals surface area contributed by atoms with Crippen LogP contribution in [0.1, 0.15) is 45.1 Å². The van der Waals surface area contributed by atoms with Crippen molar-refractivity contribution >= 4 is 11.6 Å². The SMILES string of the molecule is CCCC(CCC)C(N)Cc1cccc(F)c1Cl. The third kappa shape index (κ3) is 4.25. The molecule has 0 aromatic heterocycles. The lowest BCUT2D eigenvalue weighted by Gasteiger charge is -2.23. The van der Waals surface area contributed by atoms with Gasteiger partial charge in [-0.1, -0.05) is 50.4 Å². The molecule has 0 saturated heterocycles. The maximum Gasteiger partial charge on any atom is 0.142 e. The molecule has 102 valence electrons. The quantitative estimate of drug-likeness (QED) is 0.773. The largest absolute Gasteiger partial charge is 0.327 e. The first-order chi connectivity index (χ1) is 8.60. The van der Waals surface area contributed by atoms with E-state index in [-0.39, 0.29) is 16.9 Å². The van der Waals surface area contributed by atoms with Gasteiger partial charge in [0.05, 0.1) is 5.02 Å². The third-order valence-electron chi connectivity index (χ3n) is 3.41. The summed E-state index contributed by atoms with van der Waals surface area (Å²) >= 11 is 5.97. The van der Waals surface area contributed by atoms with E-state index in [0.29, 0.717) is 12.3 Å². The molecular weight excluding hydrogens is 249 g/mol. The molecular formula is C15H23ClFN. The highest BCUT2D eigenvalue weighted by Crippen LogP contribution is 2.24. The third-order valence-corrected chi connectivity index (χ3v) is 3.83. The normalized spacial score (nSPS) is 13.0. The Morgan fingerprint density at radius 3 is 2.39 bits per heavy atom. The van der Waals surface area contributed by atoms with Crippen LogP contribution in [0.4, 0.5) is 4.39 Å². The second kappa shape index (κ2) is 7.75. The Labute approximate surface area is 115 Å². The van der Waals surface area contributed by atoms with Crippen LogP contribution in [0, 0.1) is 11.7 Å². The summed E-state index contributed by atoms with van der Waals surface area (Å²) in [6.45, 7) is 4.34. The van der Waals surface area contributed by atoms with Gasteiger partial charge in [-0.2, -0.15) is 0 Å². The summed E-state index contributed by atoms with van der Waals surface area (Å²) in [6.07, 6.45) is 5.18. The van der Waals surface area contributed by atoms with Gasteiger partial charge in [0, 0.05) is 6.04 Å². The molecule has 2 N–H and O–H groups in total. The summed E-state index contributed by atoms with van der Waals surface area (Å²) in [5.74, 6) is 0.142. The smallest absolute Gasteiger partial charge is 0.142 e. The Morgan fingerprint density at radius 2 is 1.83 bits per heavy atom. The highest BCUT2D eigenvalue weighted by Gasteiger charge is 2.18. The van der Waals surface area contributed by atoms with E-state index in [2.05, 4.69) is 13.8 Å². The summed E-state index contributed by atoms with van der Waals surface area (Å²) < 4.78 is 13.4. The maximum atomic E-state index is 13.4. The first-order valence-corrected chi connectivity index (χ1v) is 7.16. The van der Waals surface area contributed by atoms with Crippen molar-refractivity contribution in [3.8, 4) is 0 Å². The highest BCUT2D eigenvalue weighted by atomic mass is 35.5. The minimum absolute atomic E-state index is 0.0594. The van der Waals surface area contributed by atoms with E-state index in [9.17, 15) is 4.39 Å². The van der Waals surface area contributed by atoms with Gasteiger partial charge in [0.2, 0.25) is 0 Å². The molecule has 0 fully saturated rings. The van der Waals surface area contributed by atoms with Gasteiger partial charge in [0.15, 0.2) is 0 Å². The Bertz CT molecular complexity index is 362. The number of hydrogen-bond acceptors (Lipinski definition) is 1. The first-order valence-electron chi connectivity index (χ1n) is 6.78. The van der Waals surface area contributed by atoms with Crippen LogP contribution in [-0.4, -0.2) is 6.04 Å². The van der Waals surface area contributed by atoms with Crippen molar-refractivity contribution in [2.45, 2.75) is 52.0 Å². The van der Waals surface area contributed by atoms with E-state index in [1.807, 2.05) is 6.07 Å². The molecule has 1 nitrogen and oxygen atoms in total. The molecule has 1 rings (SSSR count). The van der Waals surface area contributed by atoms with Crippen LogP contribution in [0.5, 0.6) is 0 Å². The van der Waals surface area contributed by atoms with E-state index in [0.717, 1.165) is 31.2 Å². The molecule has 0 aliphatic carbocycles. The fraction of sp³-hybridized carbons (Fsp3) is 0.600. The molecule has 0 radical (unpaired) electrons. The van der Waals surface area contributed by atoms with Crippen molar-refractivity contribution in [2.24, 2.45) is 11.7 Å². The molecule has 1 aromatic carbocycles. The van der Waals surface area contributed by atoms with Gasteiger partial charge in [-0.15, -0.1) is 0 Å². The zero-order valence-electron chi connectivity index (χ0n) is 11.3. The van der Waals surface area contributed by atoms with E-state index >= 15 is 0 Å². The van der Waals surface area contributed by atoms with Crippen LogP contribution in [0.3, 0.4) is 0 Å². The Balaban J connectivity index is 2.72. The zero-order chi connectivity index (χ0) is 13.5. The van der Waals surface area contributed by atoms with Crippen LogP contribution in [0.15, 0.2) is 18.2 Å². The zero-order valence-corrected chi connectivity index (χ0v) is 12.0. The lowest BCUT2D eigenvalue weighted by Crippen LogP contribution is -2.32. The van der Waals surface area contributed by atoms with E-state index in [4.69, 9.17) is 17.3 Å². The summed E-state index contributed by atoms with van der Waals surface area (Å²) in [5, 5.41) is 0.222. The summed E-state index contributed by atoms with van der Waals surface area (Å²) in [6, 6.07) is 5.00. The average molecular weight is 272 g/mol. The molecule has 1 unspecified atom stereocenters.